The Morgan fingerprint density at radius 2 is 1.85 bits per heavy atom. The molecule has 1 fully saturated rings. The Labute approximate surface area is 194 Å². The van der Waals surface area contributed by atoms with E-state index in [1.165, 1.54) is 16.6 Å². The average molecular weight is 466 g/mol. The number of methoxy groups -OCH3 is 1. The van der Waals surface area contributed by atoms with Crippen LogP contribution >= 0.6 is 0 Å². The zero-order valence-electron chi connectivity index (χ0n) is 18.5. The number of aromatic nitrogens is 1. The van der Waals surface area contributed by atoms with Crippen LogP contribution in [0, 0.1) is 5.92 Å². The van der Waals surface area contributed by atoms with Gasteiger partial charge in [0.15, 0.2) is 0 Å². The molecule has 33 heavy (non-hydrogen) atoms. The summed E-state index contributed by atoms with van der Waals surface area (Å²) in [6.07, 6.45) is 4.53. The third-order valence-electron chi connectivity index (χ3n) is 5.88. The van der Waals surface area contributed by atoms with E-state index in [9.17, 15) is 13.2 Å². The topological polar surface area (TPSA) is 88.6 Å². The number of nitrogens with zero attached hydrogens (tertiary/aromatic N) is 2. The molecule has 3 aromatic rings. The number of carbonyl (C=O) groups excluding carboxylic acids is 1. The fourth-order valence-electron chi connectivity index (χ4n) is 4.06. The Kier molecular flexibility index (Phi) is 7.05. The predicted octanol–water partition coefficient (Wildman–Crippen LogP) is 3.72. The van der Waals surface area contributed by atoms with Gasteiger partial charge in [-0.05, 0) is 48.7 Å². The van der Waals surface area contributed by atoms with Gasteiger partial charge in [0, 0.05) is 49.1 Å². The minimum absolute atomic E-state index is 0.0933. The maximum atomic E-state index is 12.9. The lowest BCUT2D eigenvalue weighted by Crippen LogP contribution is -2.41. The molecule has 1 amide bonds. The molecule has 1 aromatic heterocycles. The first-order valence-electron chi connectivity index (χ1n) is 10.9. The molecule has 0 atom stereocenters. The summed E-state index contributed by atoms with van der Waals surface area (Å²) in [5.41, 5.74) is 2.84. The highest BCUT2D eigenvalue weighted by atomic mass is 32.2. The van der Waals surface area contributed by atoms with Gasteiger partial charge in [-0.3, -0.25) is 9.78 Å². The second-order valence-corrected chi connectivity index (χ2v) is 9.98. The number of piperidine rings is 1. The summed E-state index contributed by atoms with van der Waals surface area (Å²) in [6.45, 7) is 0.606. The number of sulfonamides is 1. The first-order valence-corrected chi connectivity index (χ1v) is 12.3. The number of carbonyl (C=O) groups is 1. The number of pyridine rings is 1. The molecule has 4 rings (SSSR count). The minimum Gasteiger partial charge on any atom is -0.496 e. The standard InChI is InChI=1S/C25H27N3O4S/c1-32-24-10-9-22(17-21(24)16-19-6-3-2-4-7-19)27-25(29)20-11-14-28(15-12-20)33(30,31)23-8-5-13-26-18-23/h2-10,13,17-18,20H,11-12,14-16H2,1H3,(H,27,29). The van der Waals surface area contributed by atoms with Gasteiger partial charge in [-0.1, -0.05) is 30.3 Å². The van der Waals surface area contributed by atoms with E-state index < -0.39 is 10.0 Å². The van der Waals surface area contributed by atoms with Gasteiger partial charge in [-0.15, -0.1) is 0 Å². The summed E-state index contributed by atoms with van der Waals surface area (Å²) in [5.74, 6) is 0.431. The van der Waals surface area contributed by atoms with Crippen LogP contribution in [-0.4, -0.2) is 43.8 Å². The number of nitrogens with one attached hydrogen (secondary N) is 1. The molecule has 1 saturated heterocycles. The van der Waals surface area contributed by atoms with Crippen molar-refractivity contribution < 1.29 is 17.9 Å². The van der Waals surface area contributed by atoms with Gasteiger partial charge in [0.1, 0.15) is 10.6 Å². The molecule has 2 heterocycles. The van der Waals surface area contributed by atoms with Gasteiger partial charge in [-0.2, -0.15) is 4.31 Å². The molecule has 2 aromatic carbocycles. The van der Waals surface area contributed by atoms with Crippen molar-refractivity contribution in [2.45, 2.75) is 24.2 Å². The second-order valence-electron chi connectivity index (χ2n) is 8.05. The molecule has 0 spiro atoms. The molecule has 1 aliphatic rings. The molecule has 0 unspecified atom stereocenters. The Bertz CT molecular complexity index is 1190. The van der Waals surface area contributed by atoms with Crippen LogP contribution in [0.25, 0.3) is 0 Å². The highest BCUT2D eigenvalue weighted by molar-refractivity contribution is 7.89. The summed E-state index contributed by atoms with van der Waals surface area (Å²) < 4.78 is 32.5. The first kappa shape index (κ1) is 22.9. The number of hydrogen-bond acceptors (Lipinski definition) is 5. The highest BCUT2D eigenvalue weighted by Crippen LogP contribution is 2.28. The molecular weight excluding hydrogens is 438 g/mol. The SMILES string of the molecule is COc1ccc(NC(=O)C2CCN(S(=O)(=O)c3cccnc3)CC2)cc1Cc1ccccc1. The van der Waals surface area contributed by atoms with Gasteiger partial charge in [0.2, 0.25) is 15.9 Å². The van der Waals surface area contributed by atoms with Crippen LogP contribution in [0.2, 0.25) is 0 Å². The van der Waals surface area contributed by atoms with Crippen molar-refractivity contribution in [1.29, 1.82) is 0 Å². The Morgan fingerprint density at radius 1 is 1.09 bits per heavy atom. The van der Waals surface area contributed by atoms with Crippen LogP contribution in [0.1, 0.15) is 24.0 Å². The smallest absolute Gasteiger partial charge is 0.244 e. The van der Waals surface area contributed by atoms with Crippen LogP contribution < -0.4 is 10.1 Å². The van der Waals surface area contributed by atoms with Crippen molar-refractivity contribution in [3.05, 3.63) is 84.2 Å². The minimum atomic E-state index is -3.59. The summed E-state index contributed by atoms with van der Waals surface area (Å²) in [4.78, 5) is 17.0. The second kappa shape index (κ2) is 10.1. The zero-order valence-corrected chi connectivity index (χ0v) is 19.3. The van der Waals surface area contributed by atoms with Crippen LogP contribution in [-0.2, 0) is 21.2 Å². The fourth-order valence-corrected chi connectivity index (χ4v) is 5.50. The fraction of sp³-hybridized carbons (Fsp3) is 0.280. The predicted molar refractivity (Wildman–Crippen MR) is 127 cm³/mol. The van der Waals surface area contributed by atoms with E-state index in [0.29, 0.717) is 38.0 Å². The van der Waals surface area contributed by atoms with Crippen LogP contribution in [0.4, 0.5) is 5.69 Å². The quantitative estimate of drug-likeness (QED) is 0.575. The maximum Gasteiger partial charge on any atom is 0.244 e. The highest BCUT2D eigenvalue weighted by Gasteiger charge is 2.32. The first-order chi connectivity index (χ1) is 16.0. The molecule has 172 valence electrons. The van der Waals surface area contributed by atoms with Gasteiger partial charge < -0.3 is 10.1 Å². The van der Waals surface area contributed by atoms with Crippen LogP contribution in [0.5, 0.6) is 5.75 Å². The Hall–Kier alpha value is -3.23. The van der Waals surface area contributed by atoms with E-state index in [4.69, 9.17) is 4.74 Å². The van der Waals surface area contributed by atoms with E-state index in [1.54, 1.807) is 19.4 Å². The maximum absolute atomic E-state index is 12.9. The van der Waals surface area contributed by atoms with Gasteiger partial charge in [0.05, 0.1) is 7.11 Å². The molecule has 0 bridgehead atoms. The van der Waals surface area contributed by atoms with E-state index in [0.717, 1.165) is 16.9 Å². The molecule has 8 heteroatoms. The van der Waals surface area contributed by atoms with Crippen molar-refractivity contribution >= 4 is 21.6 Å². The number of anilines is 1. The lowest BCUT2D eigenvalue weighted by molar-refractivity contribution is -0.120. The number of ether oxygens (including phenoxy) is 1. The van der Waals surface area contributed by atoms with Crippen LogP contribution in [0.15, 0.2) is 78.0 Å². The Balaban J connectivity index is 1.39. The molecule has 1 N–H and O–H groups in total. The average Bonchev–Trinajstić information content (AvgIpc) is 2.85. The Morgan fingerprint density at radius 3 is 2.52 bits per heavy atom. The largest absolute Gasteiger partial charge is 0.496 e. The molecule has 1 aliphatic heterocycles. The van der Waals surface area contributed by atoms with Crippen LogP contribution in [0.3, 0.4) is 0 Å². The molecule has 0 aliphatic carbocycles. The lowest BCUT2D eigenvalue weighted by Gasteiger charge is -2.30. The summed E-state index contributed by atoms with van der Waals surface area (Å²) in [6, 6.07) is 18.8. The monoisotopic (exact) mass is 465 g/mol. The van der Waals surface area contributed by atoms with E-state index in [2.05, 4.69) is 22.4 Å². The zero-order chi connectivity index (χ0) is 23.3. The third kappa shape index (κ3) is 5.40. The number of rotatable bonds is 7. The van der Waals surface area contributed by atoms with Crippen molar-refractivity contribution in [3.8, 4) is 5.75 Å². The van der Waals surface area contributed by atoms with Gasteiger partial charge >= 0.3 is 0 Å². The molecule has 0 radical (unpaired) electrons. The molecular formula is C25H27N3O4S. The van der Waals surface area contributed by atoms with Crippen molar-refractivity contribution in [1.82, 2.24) is 9.29 Å². The van der Waals surface area contributed by atoms with Crippen molar-refractivity contribution in [2.24, 2.45) is 5.92 Å². The summed E-state index contributed by atoms with van der Waals surface area (Å²) in [7, 11) is -1.95. The number of amides is 1. The lowest BCUT2D eigenvalue weighted by atomic mass is 9.97. The van der Waals surface area contributed by atoms with E-state index in [1.807, 2.05) is 36.4 Å². The summed E-state index contributed by atoms with van der Waals surface area (Å²) >= 11 is 0. The van der Waals surface area contributed by atoms with E-state index in [-0.39, 0.29) is 16.7 Å². The van der Waals surface area contributed by atoms with Gasteiger partial charge in [0.25, 0.3) is 0 Å². The summed E-state index contributed by atoms with van der Waals surface area (Å²) in [5, 5.41) is 3.00. The normalized spacial score (nSPS) is 15.2. The number of benzene rings is 2. The van der Waals surface area contributed by atoms with Crippen molar-refractivity contribution in [3.63, 3.8) is 0 Å². The number of hydrogen-bond donors (Lipinski definition) is 1. The third-order valence-corrected chi connectivity index (χ3v) is 7.76. The molecule has 0 saturated carbocycles. The van der Waals surface area contributed by atoms with Gasteiger partial charge in [-0.25, -0.2) is 8.42 Å². The van der Waals surface area contributed by atoms with Crippen molar-refractivity contribution in [2.75, 3.05) is 25.5 Å². The van der Waals surface area contributed by atoms with E-state index >= 15 is 0 Å². The molecule has 7 nitrogen and oxygen atoms in total.